The minimum absolute atomic E-state index is 0.0452. The van der Waals surface area contributed by atoms with Gasteiger partial charge in [0.1, 0.15) is 17.4 Å². The molecule has 0 radical (unpaired) electrons. The van der Waals surface area contributed by atoms with Crippen molar-refractivity contribution in [2.45, 2.75) is 18.9 Å². The van der Waals surface area contributed by atoms with Gasteiger partial charge in [-0.25, -0.2) is 4.98 Å². The number of benzene rings is 1. The van der Waals surface area contributed by atoms with Crippen LogP contribution >= 0.6 is 0 Å². The molecule has 1 unspecified atom stereocenters. The summed E-state index contributed by atoms with van der Waals surface area (Å²) in [4.78, 5) is 37.0. The monoisotopic (exact) mass is 353 g/mol. The number of aromatic amines is 1. The lowest BCUT2D eigenvalue weighted by Crippen LogP contribution is -2.60. The third-order valence-electron chi connectivity index (χ3n) is 5.11. The van der Waals surface area contributed by atoms with Gasteiger partial charge < -0.3 is 20.1 Å². The van der Waals surface area contributed by atoms with Gasteiger partial charge in [0.05, 0.1) is 6.33 Å². The van der Waals surface area contributed by atoms with Crippen molar-refractivity contribution in [2.75, 3.05) is 32.7 Å². The molecule has 2 fully saturated rings. The van der Waals surface area contributed by atoms with Crippen LogP contribution in [0.5, 0.6) is 0 Å². The number of H-pyrrole nitrogens is 1. The minimum Gasteiger partial charge on any atom is -0.341 e. The van der Waals surface area contributed by atoms with E-state index in [4.69, 9.17) is 0 Å². The quantitative estimate of drug-likeness (QED) is 0.866. The van der Waals surface area contributed by atoms with E-state index >= 15 is 0 Å². The summed E-state index contributed by atoms with van der Waals surface area (Å²) in [5.74, 6) is -0.121. The summed E-state index contributed by atoms with van der Waals surface area (Å²) in [5.41, 5.74) is 1.95. The Kier molecular flexibility index (Phi) is 4.71. The van der Waals surface area contributed by atoms with E-state index in [1.165, 1.54) is 6.33 Å². The summed E-state index contributed by atoms with van der Waals surface area (Å²) in [6.07, 6.45) is 3.62. The normalized spacial score (nSPS) is 20.4. The predicted octanol–water partition coefficient (Wildman–Crippen LogP) is 1.11. The molecule has 2 saturated heterocycles. The number of nitrogens with one attached hydrogen (secondary N) is 2. The second kappa shape index (κ2) is 7.29. The predicted molar refractivity (Wildman–Crippen MR) is 97.5 cm³/mol. The number of imidazole rings is 1. The molecule has 0 saturated carbocycles. The summed E-state index contributed by atoms with van der Waals surface area (Å²) in [5, 5.41) is 3.25. The molecular formula is C19H23N5O2. The highest BCUT2D eigenvalue weighted by Gasteiger charge is 2.37. The standard InChI is InChI=1S/C19H23N5O2/c25-18(23-9-4-5-10-23)15-12-20-8-11-24(15)19(26)17-16(21-13-22-17)14-6-2-1-3-7-14/h1-3,6-7,13,15,20H,4-5,8-12H2,(H,21,22). The number of amides is 2. The van der Waals surface area contributed by atoms with Crippen molar-refractivity contribution in [3.05, 3.63) is 42.4 Å². The fraction of sp³-hybridized carbons (Fsp3) is 0.421. The van der Waals surface area contributed by atoms with Crippen LogP contribution in [-0.2, 0) is 4.79 Å². The fourth-order valence-electron chi connectivity index (χ4n) is 3.73. The lowest BCUT2D eigenvalue weighted by molar-refractivity contribution is -0.135. The van der Waals surface area contributed by atoms with Gasteiger partial charge in [-0.15, -0.1) is 0 Å². The fourth-order valence-corrected chi connectivity index (χ4v) is 3.73. The molecule has 7 nitrogen and oxygen atoms in total. The van der Waals surface area contributed by atoms with Crippen molar-refractivity contribution < 1.29 is 9.59 Å². The molecule has 2 amide bonds. The van der Waals surface area contributed by atoms with Gasteiger partial charge in [-0.1, -0.05) is 30.3 Å². The van der Waals surface area contributed by atoms with Crippen molar-refractivity contribution in [1.29, 1.82) is 0 Å². The van der Waals surface area contributed by atoms with E-state index in [0.29, 0.717) is 31.0 Å². The molecule has 7 heteroatoms. The average Bonchev–Trinajstić information content (AvgIpc) is 3.39. The zero-order valence-corrected chi connectivity index (χ0v) is 14.6. The average molecular weight is 353 g/mol. The van der Waals surface area contributed by atoms with Crippen LogP contribution < -0.4 is 5.32 Å². The number of hydrogen-bond donors (Lipinski definition) is 2. The highest BCUT2D eigenvalue weighted by molar-refractivity contribution is 6.00. The van der Waals surface area contributed by atoms with Crippen molar-refractivity contribution in [3.63, 3.8) is 0 Å². The zero-order chi connectivity index (χ0) is 17.9. The van der Waals surface area contributed by atoms with Gasteiger partial charge in [-0.3, -0.25) is 9.59 Å². The molecule has 2 N–H and O–H groups in total. The van der Waals surface area contributed by atoms with Gasteiger partial charge in [-0.2, -0.15) is 0 Å². The lowest BCUT2D eigenvalue weighted by Gasteiger charge is -2.37. The smallest absolute Gasteiger partial charge is 0.273 e. The van der Waals surface area contributed by atoms with Gasteiger partial charge in [-0.05, 0) is 12.8 Å². The Labute approximate surface area is 152 Å². The molecule has 1 aromatic heterocycles. The van der Waals surface area contributed by atoms with Crippen molar-refractivity contribution in [2.24, 2.45) is 0 Å². The van der Waals surface area contributed by atoms with Gasteiger partial charge in [0.15, 0.2) is 0 Å². The van der Waals surface area contributed by atoms with E-state index in [1.807, 2.05) is 35.2 Å². The van der Waals surface area contributed by atoms with Crippen molar-refractivity contribution in [1.82, 2.24) is 25.1 Å². The van der Waals surface area contributed by atoms with Gasteiger partial charge >= 0.3 is 0 Å². The summed E-state index contributed by atoms with van der Waals surface area (Å²) >= 11 is 0. The molecule has 2 aliphatic heterocycles. The van der Waals surface area contributed by atoms with E-state index < -0.39 is 6.04 Å². The van der Waals surface area contributed by atoms with Crippen LogP contribution in [0, 0.1) is 0 Å². The molecule has 0 bridgehead atoms. The number of carbonyl (C=O) groups is 2. The summed E-state index contributed by atoms with van der Waals surface area (Å²) < 4.78 is 0. The molecule has 3 heterocycles. The molecule has 1 aromatic carbocycles. The Morgan fingerprint density at radius 2 is 1.85 bits per heavy atom. The third-order valence-corrected chi connectivity index (χ3v) is 5.11. The molecule has 136 valence electrons. The Bertz CT molecular complexity index is 782. The van der Waals surface area contributed by atoms with E-state index in [1.54, 1.807) is 4.90 Å². The first kappa shape index (κ1) is 16.8. The van der Waals surface area contributed by atoms with Gasteiger partial charge in [0.25, 0.3) is 5.91 Å². The highest BCUT2D eigenvalue weighted by atomic mass is 16.2. The third kappa shape index (κ3) is 3.10. The molecule has 2 aromatic rings. The maximum absolute atomic E-state index is 13.2. The molecular weight excluding hydrogens is 330 g/mol. The minimum atomic E-state index is -0.457. The summed E-state index contributed by atoms with van der Waals surface area (Å²) in [7, 11) is 0. The number of piperazine rings is 1. The molecule has 2 aliphatic rings. The molecule has 0 aliphatic carbocycles. The van der Waals surface area contributed by atoms with Crippen LogP contribution in [0.2, 0.25) is 0 Å². The van der Waals surface area contributed by atoms with E-state index in [0.717, 1.165) is 31.5 Å². The van der Waals surface area contributed by atoms with Gasteiger partial charge in [0, 0.05) is 38.3 Å². The van der Waals surface area contributed by atoms with E-state index in [9.17, 15) is 9.59 Å². The SMILES string of the molecule is O=C(C1CNCCN1C(=O)c1[nH]cnc1-c1ccccc1)N1CCCC1. The summed E-state index contributed by atoms with van der Waals surface area (Å²) in [6, 6.07) is 9.17. The number of rotatable bonds is 3. The molecule has 0 spiro atoms. The van der Waals surface area contributed by atoms with Crippen LogP contribution in [0.4, 0.5) is 0 Å². The first-order chi connectivity index (χ1) is 12.8. The lowest BCUT2D eigenvalue weighted by atomic mass is 10.1. The van der Waals surface area contributed by atoms with Crippen molar-refractivity contribution in [3.8, 4) is 11.3 Å². The van der Waals surface area contributed by atoms with Crippen LogP contribution in [0.25, 0.3) is 11.3 Å². The number of aromatic nitrogens is 2. The molecule has 1 atom stereocenters. The summed E-state index contributed by atoms with van der Waals surface area (Å²) in [6.45, 7) is 3.27. The highest BCUT2D eigenvalue weighted by Crippen LogP contribution is 2.23. The first-order valence-electron chi connectivity index (χ1n) is 9.15. The number of nitrogens with zero attached hydrogens (tertiary/aromatic N) is 3. The first-order valence-corrected chi connectivity index (χ1v) is 9.15. The molecule has 26 heavy (non-hydrogen) atoms. The van der Waals surface area contributed by atoms with Crippen LogP contribution in [-0.4, -0.2) is 70.3 Å². The number of hydrogen-bond acceptors (Lipinski definition) is 4. The Balaban J connectivity index is 1.60. The second-order valence-corrected chi connectivity index (χ2v) is 6.74. The van der Waals surface area contributed by atoms with Crippen LogP contribution in [0.15, 0.2) is 36.7 Å². The van der Waals surface area contributed by atoms with E-state index in [-0.39, 0.29) is 11.8 Å². The van der Waals surface area contributed by atoms with Crippen LogP contribution in [0.1, 0.15) is 23.3 Å². The van der Waals surface area contributed by atoms with Gasteiger partial charge in [0.2, 0.25) is 5.91 Å². The Morgan fingerprint density at radius 1 is 1.08 bits per heavy atom. The Morgan fingerprint density at radius 3 is 2.62 bits per heavy atom. The topological polar surface area (TPSA) is 81.3 Å². The van der Waals surface area contributed by atoms with E-state index in [2.05, 4.69) is 15.3 Å². The van der Waals surface area contributed by atoms with Crippen LogP contribution in [0.3, 0.4) is 0 Å². The Hall–Kier alpha value is -2.67. The maximum atomic E-state index is 13.2. The molecule has 4 rings (SSSR count). The largest absolute Gasteiger partial charge is 0.341 e. The zero-order valence-electron chi connectivity index (χ0n) is 14.6. The second-order valence-electron chi connectivity index (χ2n) is 6.74. The number of likely N-dealkylation sites (tertiary alicyclic amines) is 1. The maximum Gasteiger partial charge on any atom is 0.273 e. The van der Waals surface area contributed by atoms with Crippen molar-refractivity contribution >= 4 is 11.8 Å². The number of carbonyl (C=O) groups excluding carboxylic acids is 2.